The van der Waals surface area contributed by atoms with Gasteiger partial charge in [-0.25, -0.2) is 0 Å². The molecule has 5 nitrogen and oxygen atoms in total. The van der Waals surface area contributed by atoms with Crippen molar-refractivity contribution in [3.63, 3.8) is 0 Å². The zero-order valence-electron chi connectivity index (χ0n) is 18.6. The first-order chi connectivity index (χ1) is 14.1. The number of hydrogen-bond donors (Lipinski definition) is 1. The molecule has 1 aromatic rings. The van der Waals surface area contributed by atoms with Gasteiger partial charge in [0.25, 0.3) is 0 Å². The Bertz CT molecular complexity index is 639. The summed E-state index contributed by atoms with van der Waals surface area (Å²) in [7, 11) is 0. The summed E-state index contributed by atoms with van der Waals surface area (Å²) in [6.45, 7) is 10.8. The molecule has 9 heteroatoms. The molecule has 0 saturated carbocycles. The van der Waals surface area contributed by atoms with Crippen LogP contribution in [0.3, 0.4) is 0 Å². The van der Waals surface area contributed by atoms with Gasteiger partial charge in [-0.3, -0.25) is 9.48 Å². The zero-order valence-corrected chi connectivity index (χ0v) is 20.2. The number of unbranched alkanes of at least 4 members (excludes halogenated alkanes) is 4. The van der Waals surface area contributed by atoms with Gasteiger partial charge in [-0.15, -0.1) is 0 Å². The summed E-state index contributed by atoms with van der Waals surface area (Å²) in [5, 5.41) is 6.60. The van der Waals surface area contributed by atoms with E-state index in [1.165, 1.54) is 30.4 Å². The fourth-order valence-corrected chi connectivity index (χ4v) is 3.88. The smallest absolute Gasteiger partial charge is 0.352 e. The Kier molecular flexibility index (Phi) is 12.0. The number of carbonyl (C=O) groups excluding carboxylic acids is 1. The first-order valence-electron chi connectivity index (χ1n) is 10.9. The van der Waals surface area contributed by atoms with E-state index >= 15 is 0 Å². The first-order valence-corrected chi connectivity index (χ1v) is 11.7. The van der Waals surface area contributed by atoms with E-state index in [0.717, 1.165) is 32.5 Å². The second kappa shape index (κ2) is 13.3. The quantitative estimate of drug-likeness (QED) is 0.343. The number of rotatable bonds is 14. The summed E-state index contributed by atoms with van der Waals surface area (Å²) >= 11 is 2.95. The fourth-order valence-electron chi connectivity index (χ4n) is 3.38. The van der Waals surface area contributed by atoms with Crippen molar-refractivity contribution in [3.8, 4) is 0 Å². The van der Waals surface area contributed by atoms with Crippen LogP contribution in [0.2, 0.25) is 0 Å². The number of hydrogen-bond acceptors (Lipinski definition) is 3. The molecule has 0 saturated heterocycles. The number of halogens is 4. The molecule has 0 aliphatic carbocycles. The van der Waals surface area contributed by atoms with Crippen LogP contribution in [-0.4, -0.2) is 46.3 Å². The topological polar surface area (TPSA) is 50.2 Å². The van der Waals surface area contributed by atoms with Crippen LogP contribution in [0.25, 0.3) is 0 Å². The molecular formula is C21H36BrF3N4O. The van der Waals surface area contributed by atoms with Gasteiger partial charge < -0.3 is 10.2 Å². The lowest BCUT2D eigenvalue weighted by Gasteiger charge is -2.26. The van der Waals surface area contributed by atoms with Crippen molar-refractivity contribution in [2.24, 2.45) is 0 Å². The molecule has 30 heavy (non-hydrogen) atoms. The van der Waals surface area contributed by atoms with Crippen molar-refractivity contribution in [1.29, 1.82) is 0 Å². The molecule has 0 aromatic carbocycles. The Labute approximate surface area is 186 Å². The van der Waals surface area contributed by atoms with Gasteiger partial charge >= 0.3 is 6.18 Å². The second-order valence-electron chi connectivity index (χ2n) is 7.90. The lowest BCUT2D eigenvalue weighted by molar-refractivity contribution is -0.142. The van der Waals surface area contributed by atoms with Crippen molar-refractivity contribution in [2.75, 3.05) is 19.6 Å². The van der Waals surface area contributed by atoms with E-state index in [1.54, 1.807) is 6.92 Å². The number of aromatic nitrogens is 2. The van der Waals surface area contributed by atoms with Gasteiger partial charge in [0.1, 0.15) is 0 Å². The highest BCUT2D eigenvalue weighted by Gasteiger charge is 2.37. The largest absolute Gasteiger partial charge is 0.436 e. The molecule has 174 valence electrons. The van der Waals surface area contributed by atoms with E-state index in [1.807, 2.05) is 6.92 Å². The molecule has 1 heterocycles. The molecule has 0 aliphatic heterocycles. The Morgan fingerprint density at radius 1 is 1.17 bits per heavy atom. The molecule has 1 aromatic heterocycles. The van der Waals surface area contributed by atoms with Crippen molar-refractivity contribution >= 4 is 21.8 Å². The number of aryl methyl sites for hydroxylation is 1. The summed E-state index contributed by atoms with van der Waals surface area (Å²) in [6, 6.07) is -0.0167. The predicted molar refractivity (Wildman–Crippen MR) is 117 cm³/mol. The van der Waals surface area contributed by atoms with E-state index in [9.17, 15) is 18.0 Å². The molecule has 1 unspecified atom stereocenters. The van der Waals surface area contributed by atoms with Gasteiger partial charge in [-0.05, 0) is 55.7 Å². The van der Waals surface area contributed by atoms with Crippen LogP contribution in [0, 0.1) is 6.92 Å². The molecule has 0 radical (unpaired) electrons. The molecule has 1 rings (SSSR count). The van der Waals surface area contributed by atoms with Gasteiger partial charge in [0.05, 0.1) is 16.7 Å². The lowest BCUT2D eigenvalue weighted by atomic mass is 10.2. The van der Waals surface area contributed by atoms with E-state index in [2.05, 4.69) is 45.1 Å². The van der Waals surface area contributed by atoms with Gasteiger partial charge in [0, 0.05) is 19.0 Å². The third-order valence-corrected chi connectivity index (χ3v) is 6.00. The molecule has 0 spiro atoms. The minimum atomic E-state index is -4.52. The fraction of sp³-hybridized carbons (Fsp3) is 0.810. The van der Waals surface area contributed by atoms with E-state index < -0.39 is 11.9 Å². The van der Waals surface area contributed by atoms with Crippen LogP contribution in [0.5, 0.6) is 0 Å². The second-order valence-corrected chi connectivity index (χ2v) is 8.70. The van der Waals surface area contributed by atoms with Gasteiger partial charge in [-0.1, -0.05) is 39.5 Å². The van der Waals surface area contributed by atoms with Crippen LogP contribution >= 0.6 is 15.9 Å². The average molecular weight is 497 g/mol. The number of amides is 1. The molecule has 0 aliphatic rings. The number of nitrogens with one attached hydrogen (secondary N) is 1. The maximum Gasteiger partial charge on any atom is 0.436 e. The SMILES string of the molecule is CCCCCN(CCCCC)CC(C)NC(=O)CCn1nc(C(F)(F)F)c(Br)c1C. The third-order valence-electron chi connectivity index (χ3n) is 5.05. The van der Waals surface area contributed by atoms with Crippen LogP contribution < -0.4 is 5.32 Å². The van der Waals surface area contributed by atoms with E-state index in [-0.39, 0.29) is 29.4 Å². The summed E-state index contributed by atoms with van der Waals surface area (Å²) in [4.78, 5) is 14.7. The highest BCUT2D eigenvalue weighted by molar-refractivity contribution is 9.10. The van der Waals surface area contributed by atoms with Crippen molar-refractivity contribution in [1.82, 2.24) is 20.0 Å². The van der Waals surface area contributed by atoms with Crippen LogP contribution in [0.4, 0.5) is 13.2 Å². The molecular weight excluding hydrogens is 461 g/mol. The number of carbonyl (C=O) groups is 1. The summed E-state index contributed by atoms with van der Waals surface area (Å²) in [5.41, 5.74) is -0.593. The normalized spacial score (nSPS) is 13.1. The standard InChI is InChI=1S/C21H36BrF3N4O/c1-5-7-9-12-28(13-10-8-6-2)15-16(3)26-18(30)11-14-29-17(4)19(22)20(27-29)21(23,24)25/h16H,5-15H2,1-4H3,(H,26,30). The Hall–Kier alpha value is -1.09. The average Bonchev–Trinajstić information content (AvgIpc) is 2.95. The predicted octanol–water partition coefficient (Wildman–Crippen LogP) is 5.55. The van der Waals surface area contributed by atoms with Crippen LogP contribution in [0.1, 0.15) is 77.1 Å². The Morgan fingerprint density at radius 3 is 2.20 bits per heavy atom. The maximum atomic E-state index is 13.0. The Morgan fingerprint density at radius 2 is 1.73 bits per heavy atom. The van der Waals surface area contributed by atoms with E-state index in [0.29, 0.717) is 5.69 Å². The van der Waals surface area contributed by atoms with Crippen molar-refractivity contribution in [3.05, 3.63) is 15.9 Å². The number of nitrogens with zero attached hydrogens (tertiary/aromatic N) is 3. The molecule has 1 atom stereocenters. The summed E-state index contributed by atoms with van der Waals surface area (Å²) in [5.74, 6) is -0.177. The minimum absolute atomic E-state index is 0.0167. The van der Waals surface area contributed by atoms with Gasteiger partial charge in [0.2, 0.25) is 5.91 Å². The van der Waals surface area contributed by atoms with Crippen molar-refractivity contribution in [2.45, 2.75) is 91.4 Å². The Balaban J connectivity index is 2.54. The zero-order chi connectivity index (χ0) is 22.7. The number of alkyl halides is 3. The van der Waals surface area contributed by atoms with Gasteiger partial charge in [0.15, 0.2) is 5.69 Å². The molecule has 0 bridgehead atoms. The van der Waals surface area contributed by atoms with Gasteiger partial charge in [-0.2, -0.15) is 18.3 Å². The van der Waals surface area contributed by atoms with Crippen molar-refractivity contribution < 1.29 is 18.0 Å². The first kappa shape index (κ1) is 26.9. The lowest BCUT2D eigenvalue weighted by Crippen LogP contribution is -2.43. The molecule has 0 fully saturated rings. The minimum Gasteiger partial charge on any atom is -0.352 e. The highest BCUT2D eigenvalue weighted by atomic mass is 79.9. The van der Waals surface area contributed by atoms with Crippen LogP contribution in [-0.2, 0) is 17.5 Å². The molecule has 1 amide bonds. The monoisotopic (exact) mass is 496 g/mol. The van der Waals surface area contributed by atoms with E-state index in [4.69, 9.17) is 0 Å². The molecule has 1 N–H and O–H groups in total. The highest BCUT2D eigenvalue weighted by Crippen LogP contribution is 2.35. The maximum absolute atomic E-state index is 13.0. The summed E-state index contributed by atoms with van der Waals surface area (Å²) in [6.07, 6.45) is 2.61. The third kappa shape index (κ3) is 9.37. The summed E-state index contributed by atoms with van der Waals surface area (Å²) < 4.78 is 40.1. The van der Waals surface area contributed by atoms with Crippen LogP contribution in [0.15, 0.2) is 4.47 Å².